The van der Waals surface area contributed by atoms with Gasteiger partial charge in [0.2, 0.25) is 0 Å². The molecule has 5 aromatic rings. The fourth-order valence-electron chi connectivity index (χ4n) is 4.67. The summed E-state index contributed by atoms with van der Waals surface area (Å²) in [5.74, 6) is -3.63. The second-order valence-corrected chi connectivity index (χ2v) is 15.4. The van der Waals surface area contributed by atoms with Gasteiger partial charge in [0.1, 0.15) is 0 Å². The van der Waals surface area contributed by atoms with Gasteiger partial charge in [-0.1, -0.05) is 0 Å². The molecule has 0 aliphatic rings. The third kappa shape index (κ3) is 4.45. The Balaban J connectivity index is 1.69. The van der Waals surface area contributed by atoms with Crippen LogP contribution in [0.4, 0.5) is 13.2 Å². The Morgan fingerprint density at radius 2 is 1.11 bits per heavy atom. The van der Waals surface area contributed by atoms with Gasteiger partial charge in [0.25, 0.3) is 0 Å². The molecule has 8 heteroatoms. The maximum atomic E-state index is 13.1. The van der Waals surface area contributed by atoms with Crippen molar-refractivity contribution < 1.29 is 13.2 Å². The number of halogens is 4. The van der Waals surface area contributed by atoms with Crippen LogP contribution in [0.5, 0.6) is 0 Å². The molecule has 0 unspecified atom stereocenters. The summed E-state index contributed by atoms with van der Waals surface area (Å²) in [4.78, 5) is 1.38. The molecule has 0 amide bonds. The zero-order valence-corrected chi connectivity index (χ0v) is 21.6. The van der Waals surface area contributed by atoms with Crippen LogP contribution >= 0.6 is 17.2 Å². The van der Waals surface area contributed by atoms with Gasteiger partial charge in [-0.05, 0) is 0 Å². The number of benzene rings is 4. The normalized spacial score (nSPS) is 13.2. The first-order valence-corrected chi connectivity index (χ1v) is 15.0. The Bertz CT molecular complexity index is 1400. The predicted molar refractivity (Wildman–Crippen MR) is 146 cm³/mol. The molecule has 0 saturated carbocycles. The number of hydrogen-bond donors (Lipinski definition) is 0. The van der Waals surface area contributed by atoms with Gasteiger partial charge in [0, 0.05) is 0 Å². The molecule has 0 bridgehead atoms. The minimum absolute atomic E-state index is 0.387. The van der Waals surface area contributed by atoms with E-state index in [1.165, 1.54) is 16.9 Å². The van der Waals surface area contributed by atoms with E-state index in [4.69, 9.17) is 16.3 Å². The molecule has 0 radical (unpaired) electrons. The summed E-state index contributed by atoms with van der Waals surface area (Å²) in [5.41, 5.74) is 1.07. The quantitative estimate of drug-likeness (QED) is 0.224. The first-order valence-electron chi connectivity index (χ1n) is 11.7. The molecule has 4 aromatic carbocycles. The Morgan fingerprint density at radius 3 is 1.51 bits per heavy atom. The number of aromatic nitrogens is 3. The van der Waals surface area contributed by atoms with Crippen molar-refractivity contribution in [3.63, 3.8) is 0 Å². The van der Waals surface area contributed by atoms with E-state index < -0.39 is 17.7 Å². The Labute approximate surface area is 218 Å². The summed E-state index contributed by atoms with van der Waals surface area (Å²) in [6, 6.07) is 34.9. The molecular weight excluding hydrogens is 514 g/mol. The van der Waals surface area contributed by atoms with Crippen LogP contribution in [0.15, 0.2) is 115 Å². The molecule has 0 saturated heterocycles. The molecule has 37 heavy (non-hydrogen) atoms. The number of rotatable bonds is 6. The molecule has 0 N–H and O–H groups in total. The van der Waals surface area contributed by atoms with E-state index in [-0.39, 0.29) is 0 Å². The fourth-order valence-corrected chi connectivity index (χ4v) is 10.7. The topological polar surface area (TPSA) is 30.7 Å². The maximum absolute atomic E-state index is 13.1. The van der Waals surface area contributed by atoms with Crippen molar-refractivity contribution in [2.24, 2.45) is 0 Å². The molecule has 5 rings (SSSR count). The Kier molecular flexibility index (Phi) is 6.43. The Morgan fingerprint density at radius 1 is 0.676 bits per heavy atom. The van der Waals surface area contributed by atoms with E-state index >= 15 is 0 Å². The summed E-state index contributed by atoms with van der Waals surface area (Å²) in [6.07, 6.45) is -4.02. The molecule has 3 nitrogen and oxygen atoms in total. The van der Waals surface area contributed by atoms with Crippen molar-refractivity contribution in [1.29, 1.82) is 0 Å². The summed E-state index contributed by atoms with van der Waals surface area (Å²) in [5, 5.41) is 12.3. The zero-order valence-electron chi connectivity index (χ0n) is 20.0. The first kappa shape index (κ1) is 25.2. The number of aryl methyl sites for hydroxylation is 1. The second kappa shape index (κ2) is 9.44. The van der Waals surface area contributed by atoms with E-state index in [0.29, 0.717) is 23.2 Å². The van der Waals surface area contributed by atoms with Gasteiger partial charge < -0.3 is 0 Å². The van der Waals surface area contributed by atoms with E-state index in [9.17, 15) is 13.2 Å². The predicted octanol–water partition coefficient (Wildman–Crippen LogP) is 6.78. The van der Waals surface area contributed by atoms with Gasteiger partial charge in [-0.3, -0.25) is 0 Å². The second-order valence-electron chi connectivity index (χ2n) is 8.91. The van der Waals surface area contributed by atoms with E-state index in [0.717, 1.165) is 28.0 Å². The molecule has 1 heterocycles. The number of hydrogen-bond acceptors (Lipinski definition) is 2. The molecule has 188 valence electrons. The SMILES string of the molecule is Cc1nn(-c2ccc(C(F)(F)F)cc2)nc1CP(Cl)(c1ccccc1)(c1ccccc1)c1ccccc1. The average molecular weight is 538 g/mol. The van der Waals surface area contributed by atoms with Crippen LogP contribution in [-0.2, 0) is 12.3 Å². The third-order valence-corrected chi connectivity index (χ3v) is 13.8. The molecule has 0 aliphatic carbocycles. The van der Waals surface area contributed by atoms with Crippen LogP contribution in [0.1, 0.15) is 17.0 Å². The van der Waals surface area contributed by atoms with Crippen LogP contribution < -0.4 is 15.9 Å². The van der Waals surface area contributed by atoms with Crippen LogP contribution in [0.3, 0.4) is 0 Å². The van der Waals surface area contributed by atoms with Gasteiger partial charge in [0.05, 0.1) is 0 Å². The standard InChI is InChI=1S/C29H24ClF3N3P/c1-22-28(35-36(34-22)24-19-17-23(18-20-24)29(31,32)33)21-37(30,25-11-5-2-6-12-25,26-13-7-3-8-14-26)27-15-9-4-10-16-27/h2-20H,21H2,1H3. The molecular formula is C29H24ClF3N3P. The van der Waals surface area contributed by atoms with Gasteiger partial charge in [-0.15, -0.1) is 0 Å². The van der Waals surface area contributed by atoms with Gasteiger partial charge in [-0.2, -0.15) is 0 Å². The summed E-state index contributed by atoms with van der Waals surface area (Å²) in [6.45, 7) is 1.85. The van der Waals surface area contributed by atoms with Crippen molar-refractivity contribution in [1.82, 2.24) is 15.0 Å². The monoisotopic (exact) mass is 537 g/mol. The van der Waals surface area contributed by atoms with E-state index in [1.54, 1.807) is 0 Å². The van der Waals surface area contributed by atoms with Crippen molar-refractivity contribution in [2.45, 2.75) is 19.3 Å². The molecule has 0 aliphatic heterocycles. The van der Waals surface area contributed by atoms with E-state index in [1.807, 2.05) is 61.5 Å². The fraction of sp³-hybridized carbons (Fsp3) is 0.103. The summed E-state index contributed by atoms with van der Waals surface area (Å²) in [7, 11) is 0. The average Bonchev–Trinajstić information content (AvgIpc) is 3.29. The van der Waals surface area contributed by atoms with Crippen LogP contribution in [0.2, 0.25) is 0 Å². The van der Waals surface area contributed by atoms with Crippen molar-refractivity contribution >= 4 is 33.1 Å². The molecule has 1 aromatic heterocycles. The van der Waals surface area contributed by atoms with Gasteiger partial charge >= 0.3 is 218 Å². The Hall–Kier alpha value is -3.47. The van der Waals surface area contributed by atoms with Crippen LogP contribution in [-0.4, -0.2) is 15.0 Å². The van der Waals surface area contributed by atoms with Crippen LogP contribution in [0, 0.1) is 6.92 Å². The van der Waals surface area contributed by atoms with Gasteiger partial charge in [-0.25, -0.2) is 0 Å². The molecule has 0 atom stereocenters. The zero-order chi connectivity index (χ0) is 26.1. The number of alkyl halides is 3. The van der Waals surface area contributed by atoms with Crippen molar-refractivity contribution in [3.05, 3.63) is 132 Å². The van der Waals surface area contributed by atoms with Gasteiger partial charge in [0.15, 0.2) is 0 Å². The molecule has 0 fully saturated rings. The van der Waals surface area contributed by atoms with E-state index in [2.05, 4.69) is 41.5 Å². The van der Waals surface area contributed by atoms with Crippen molar-refractivity contribution in [3.8, 4) is 5.69 Å². The third-order valence-electron chi connectivity index (χ3n) is 6.63. The molecule has 0 spiro atoms. The minimum atomic E-state index is -4.41. The summed E-state index contributed by atoms with van der Waals surface area (Å²) < 4.78 is 39.2. The van der Waals surface area contributed by atoms with Crippen LogP contribution in [0.25, 0.3) is 5.69 Å². The first-order chi connectivity index (χ1) is 17.7. The number of nitrogens with zero attached hydrogens (tertiary/aromatic N) is 3. The van der Waals surface area contributed by atoms with Crippen molar-refractivity contribution in [2.75, 3.05) is 0 Å². The summed E-state index contributed by atoms with van der Waals surface area (Å²) >= 11 is 8.14.